The quantitative estimate of drug-likeness (QED) is 0.815. The van der Waals surface area contributed by atoms with Crippen LogP contribution in [0.2, 0.25) is 0 Å². The molecule has 5 heteroatoms. The number of nitrogens with one attached hydrogen (secondary N) is 1. The van der Waals surface area contributed by atoms with E-state index in [0.29, 0.717) is 12.1 Å². The van der Waals surface area contributed by atoms with Crippen molar-refractivity contribution in [1.29, 1.82) is 0 Å². The van der Waals surface area contributed by atoms with Gasteiger partial charge in [0.15, 0.2) is 0 Å². The number of hydrogen-bond donors (Lipinski definition) is 1. The van der Waals surface area contributed by atoms with Crippen molar-refractivity contribution in [2.45, 2.75) is 31.9 Å². The predicted molar refractivity (Wildman–Crippen MR) is 92.7 cm³/mol. The first-order valence-corrected chi connectivity index (χ1v) is 8.90. The summed E-state index contributed by atoms with van der Waals surface area (Å²) in [7, 11) is 0. The van der Waals surface area contributed by atoms with Gasteiger partial charge in [-0.2, -0.15) is 0 Å². The number of nitrogens with zero attached hydrogens (tertiary/aromatic N) is 1. The number of fused-ring (bicyclic) bond motifs is 6. The van der Waals surface area contributed by atoms with Crippen molar-refractivity contribution in [2.24, 2.45) is 11.8 Å². The second-order valence-electron chi connectivity index (χ2n) is 7.30. The Morgan fingerprint density at radius 1 is 1.32 bits per heavy atom. The molecule has 0 spiro atoms. The van der Waals surface area contributed by atoms with Crippen LogP contribution >= 0.6 is 0 Å². The van der Waals surface area contributed by atoms with Crippen molar-refractivity contribution >= 4 is 23.1 Å². The molecular weight excluding hydrogens is 316 g/mol. The molecule has 1 aromatic carbocycles. The van der Waals surface area contributed by atoms with Crippen molar-refractivity contribution in [2.75, 3.05) is 6.54 Å². The molecule has 1 amide bonds. The Morgan fingerprint density at radius 2 is 2.16 bits per heavy atom. The van der Waals surface area contributed by atoms with Crippen LogP contribution in [0.5, 0.6) is 0 Å². The molecule has 128 valence electrons. The summed E-state index contributed by atoms with van der Waals surface area (Å²) in [5.74, 6) is -0.308. The predicted octanol–water partition coefficient (Wildman–Crippen LogP) is 2.73. The molecule has 4 heterocycles. The molecule has 0 saturated carbocycles. The number of piperidine rings is 1. The molecule has 0 unspecified atom stereocenters. The topological polar surface area (TPSA) is 62.4 Å². The van der Waals surface area contributed by atoms with Gasteiger partial charge in [-0.1, -0.05) is 18.2 Å². The van der Waals surface area contributed by atoms with Crippen LogP contribution in [0.15, 0.2) is 36.1 Å². The number of para-hydroxylation sites is 1. The van der Waals surface area contributed by atoms with E-state index in [2.05, 4.69) is 23.2 Å². The Balaban J connectivity index is 1.62. The summed E-state index contributed by atoms with van der Waals surface area (Å²) in [4.78, 5) is 30.2. The van der Waals surface area contributed by atoms with Crippen LogP contribution in [-0.2, 0) is 20.7 Å². The summed E-state index contributed by atoms with van der Waals surface area (Å²) in [5, 5.41) is 1.25. The average molecular weight is 336 g/mol. The van der Waals surface area contributed by atoms with Crippen molar-refractivity contribution in [3.63, 3.8) is 0 Å². The highest BCUT2D eigenvalue weighted by Crippen LogP contribution is 2.47. The van der Waals surface area contributed by atoms with Gasteiger partial charge in [0.25, 0.3) is 5.91 Å². The highest BCUT2D eigenvalue weighted by atomic mass is 16.5. The maximum Gasteiger partial charge on any atom is 0.253 e. The zero-order chi connectivity index (χ0) is 17.1. The molecule has 5 rings (SSSR count). The third-order valence-corrected chi connectivity index (χ3v) is 6.12. The number of ether oxygens (including phenoxy) is 1. The van der Waals surface area contributed by atoms with Crippen LogP contribution in [0.25, 0.3) is 10.9 Å². The van der Waals surface area contributed by atoms with E-state index in [1.807, 2.05) is 17.9 Å². The molecule has 4 atom stereocenters. The Bertz CT molecular complexity index is 913. The van der Waals surface area contributed by atoms with E-state index in [1.165, 1.54) is 10.9 Å². The fourth-order valence-electron chi connectivity index (χ4n) is 4.80. The Kier molecular flexibility index (Phi) is 3.08. The van der Waals surface area contributed by atoms with Crippen molar-refractivity contribution < 1.29 is 14.3 Å². The number of amides is 1. The summed E-state index contributed by atoms with van der Waals surface area (Å²) < 4.78 is 5.57. The van der Waals surface area contributed by atoms with E-state index in [0.717, 1.165) is 30.3 Å². The fraction of sp³-hybridized carbons (Fsp3) is 0.400. The van der Waals surface area contributed by atoms with Gasteiger partial charge in [-0.3, -0.25) is 4.79 Å². The second-order valence-corrected chi connectivity index (χ2v) is 7.30. The molecule has 1 aromatic heterocycles. The third kappa shape index (κ3) is 1.95. The molecule has 25 heavy (non-hydrogen) atoms. The van der Waals surface area contributed by atoms with E-state index in [-0.39, 0.29) is 29.9 Å². The number of benzene rings is 1. The summed E-state index contributed by atoms with van der Waals surface area (Å²) in [6.45, 7) is 2.61. The van der Waals surface area contributed by atoms with Crippen LogP contribution in [0.1, 0.15) is 30.6 Å². The normalized spacial score (nSPS) is 30.8. The zero-order valence-corrected chi connectivity index (χ0v) is 14.1. The number of H-pyrrole nitrogens is 1. The monoisotopic (exact) mass is 336 g/mol. The van der Waals surface area contributed by atoms with Crippen molar-refractivity contribution in [3.8, 4) is 0 Å². The third-order valence-electron chi connectivity index (χ3n) is 6.12. The summed E-state index contributed by atoms with van der Waals surface area (Å²) in [6, 6.07) is 8.31. The lowest BCUT2D eigenvalue weighted by Gasteiger charge is -2.46. The number of hydrogen-bond acceptors (Lipinski definition) is 3. The van der Waals surface area contributed by atoms with Gasteiger partial charge < -0.3 is 19.4 Å². The maximum absolute atomic E-state index is 13.0. The lowest BCUT2D eigenvalue weighted by atomic mass is 9.73. The summed E-state index contributed by atoms with van der Waals surface area (Å²) >= 11 is 0. The number of aldehydes is 1. The van der Waals surface area contributed by atoms with Gasteiger partial charge in [0, 0.05) is 29.1 Å². The Hall–Kier alpha value is -2.56. The number of carbonyl (C=O) groups is 2. The lowest BCUT2D eigenvalue weighted by Crippen LogP contribution is -2.50. The average Bonchev–Trinajstić information content (AvgIpc) is 3.01. The van der Waals surface area contributed by atoms with Crippen LogP contribution in [0, 0.1) is 11.8 Å². The standard InChI is InChI=1S/C20H20N2O3/c1-11-15(9-23)14-8-18-19-13(12-4-2-3-5-17(12)21-19)6-7-22(18)20(24)16(14)10-25-11/h2-5,9-11,14-15,18,21H,6-8H2,1H3/t11-,14-,15+,18-/m0/s1. The number of aromatic nitrogens is 1. The summed E-state index contributed by atoms with van der Waals surface area (Å²) in [5.41, 5.74) is 4.24. The molecular formula is C20H20N2O3. The first-order valence-electron chi connectivity index (χ1n) is 8.90. The van der Waals surface area contributed by atoms with Gasteiger partial charge in [0.1, 0.15) is 12.4 Å². The van der Waals surface area contributed by atoms with Crippen LogP contribution in [0.4, 0.5) is 0 Å². The van der Waals surface area contributed by atoms with Gasteiger partial charge in [0.05, 0.1) is 23.8 Å². The number of rotatable bonds is 1. The van der Waals surface area contributed by atoms with E-state index in [4.69, 9.17) is 4.74 Å². The van der Waals surface area contributed by atoms with Gasteiger partial charge in [-0.05, 0) is 31.4 Å². The number of aromatic amines is 1. The molecule has 1 fully saturated rings. The van der Waals surface area contributed by atoms with E-state index < -0.39 is 0 Å². The Morgan fingerprint density at radius 3 is 3.00 bits per heavy atom. The van der Waals surface area contributed by atoms with Crippen molar-refractivity contribution in [1.82, 2.24) is 9.88 Å². The largest absolute Gasteiger partial charge is 0.497 e. The molecule has 0 bridgehead atoms. The summed E-state index contributed by atoms with van der Waals surface area (Å²) in [6.07, 6.45) is 3.99. The molecule has 2 aromatic rings. The number of carbonyl (C=O) groups excluding carboxylic acids is 2. The maximum atomic E-state index is 13.0. The second kappa shape index (κ2) is 5.22. The van der Waals surface area contributed by atoms with Gasteiger partial charge in [0.2, 0.25) is 0 Å². The molecule has 0 radical (unpaired) electrons. The molecule has 1 N–H and O–H groups in total. The van der Waals surface area contributed by atoms with Crippen LogP contribution in [0.3, 0.4) is 0 Å². The van der Waals surface area contributed by atoms with E-state index in [1.54, 1.807) is 6.26 Å². The van der Waals surface area contributed by atoms with E-state index in [9.17, 15) is 9.59 Å². The van der Waals surface area contributed by atoms with Crippen LogP contribution < -0.4 is 0 Å². The first-order chi connectivity index (χ1) is 12.2. The van der Waals surface area contributed by atoms with Gasteiger partial charge >= 0.3 is 0 Å². The van der Waals surface area contributed by atoms with Gasteiger partial charge in [-0.15, -0.1) is 0 Å². The molecule has 1 saturated heterocycles. The fourth-order valence-corrected chi connectivity index (χ4v) is 4.80. The van der Waals surface area contributed by atoms with Crippen molar-refractivity contribution in [3.05, 3.63) is 47.4 Å². The highest BCUT2D eigenvalue weighted by molar-refractivity contribution is 5.96. The zero-order valence-electron chi connectivity index (χ0n) is 14.1. The molecule has 3 aliphatic rings. The van der Waals surface area contributed by atoms with E-state index >= 15 is 0 Å². The minimum Gasteiger partial charge on any atom is -0.497 e. The minimum absolute atomic E-state index is 0.0125. The smallest absolute Gasteiger partial charge is 0.253 e. The molecule has 0 aliphatic carbocycles. The highest BCUT2D eigenvalue weighted by Gasteiger charge is 2.47. The Labute approximate surface area is 145 Å². The molecule has 5 nitrogen and oxygen atoms in total. The first kappa shape index (κ1) is 14.8. The molecule has 3 aliphatic heterocycles. The minimum atomic E-state index is -0.263. The van der Waals surface area contributed by atoms with Gasteiger partial charge in [-0.25, -0.2) is 0 Å². The SMILES string of the molecule is C[C@@H]1OC=C2C(=O)N3CCc4c([nH]c5ccccc45)[C@@H]3C[C@H]2[C@@H]1C=O. The van der Waals surface area contributed by atoms with Crippen LogP contribution in [-0.4, -0.2) is 34.7 Å². The lowest BCUT2D eigenvalue weighted by molar-refractivity contribution is -0.137.